The Labute approximate surface area is 164 Å². The van der Waals surface area contributed by atoms with Gasteiger partial charge in [-0.05, 0) is 62.1 Å². The summed E-state index contributed by atoms with van der Waals surface area (Å²) in [5.74, 6) is 2.09. The lowest BCUT2D eigenvalue weighted by atomic mass is 9.84. The third-order valence-corrected chi connectivity index (χ3v) is 5.36. The molecule has 0 aliphatic heterocycles. The van der Waals surface area contributed by atoms with Crippen molar-refractivity contribution in [3.05, 3.63) is 58.8 Å². The zero-order valence-electron chi connectivity index (χ0n) is 17.4. The fraction of sp³-hybridized carbons (Fsp3) is 0.500. The Kier molecular flexibility index (Phi) is 8.02. The maximum absolute atomic E-state index is 12.5. The molecule has 3 nitrogen and oxygen atoms in total. The summed E-state index contributed by atoms with van der Waals surface area (Å²) in [6.07, 6.45) is 3.90. The number of pyridine rings is 1. The quantitative estimate of drug-likeness (QED) is 0.556. The van der Waals surface area contributed by atoms with E-state index in [1.165, 1.54) is 5.56 Å². The zero-order chi connectivity index (χ0) is 19.8. The summed E-state index contributed by atoms with van der Waals surface area (Å²) in [7, 11) is 1.64. The van der Waals surface area contributed by atoms with Crippen molar-refractivity contribution >= 4 is 5.78 Å². The molecule has 1 aromatic carbocycles. The molecule has 0 spiro atoms. The Balaban J connectivity index is 1.89. The van der Waals surface area contributed by atoms with Crippen LogP contribution >= 0.6 is 0 Å². The van der Waals surface area contributed by atoms with Gasteiger partial charge in [-0.1, -0.05) is 44.2 Å². The molecule has 1 atom stereocenters. The number of ether oxygens (including phenoxy) is 1. The number of aromatic nitrogens is 1. The number of aryl methyl sites for hydroxylation is 2. The second-order valence-electron chi connectivity index (χ2n) is 7.84. The summed E-state index contributed by atoms with van der Waals surface area (Å²) < 4.78 is 5.41. The highest BCUT2D eigenvalue weighted by Gasteiger charge is 2.17. The summed E-state index contributed by atoms with van der Waals surface area (Å²) in [4.78, 5) is 17.0. The van der Waals surface area contributed by atoms with Gasteiger partial charge in [0.2, 0.25) is 5.88 Å². The van der Waals surface area contributed by atoms with E-state index in [4.69, 9.17) is 4.74 Å². The predicted molar refractivity (Wildman–Crippen MR) is 111 cm³/mol. The number of nitrogens with zero attached hydrogens (tertiary/aromatic N) is 1. The lowest BCUT2D eigenvalue weighted by Gasteiger charge is -2.20. The van der Waals surface area contributed by atoms with Crippen molar-refractivity contribution < 1.29 is 9.53 Å². The molecule has 0 N–H and O–H groups in total. The molecule has 0 unspecified atom stereocenters. The van der Waals surface area contributed by atoms with Gasteiger partial charge >= 0.3 is 0 Å². The van der Waals surface area contributed by atoms with Gasteiger partial charge in [0.1, 0.15) is 5.78 Å². The van der Waals surface area contributed by atoms with Crippen LogP contribution in [0.5, 0.6) is 5.88 Å². The van der Waals surface area contributed by atoms with Crippen molar-refractivity contribution in [3.8, 4) is 5.88 Å². The van der Waals surface area contributed by atoms with Crippen LogP contribution in [0.1, 0.15) is 55.5 Å². The zero-order valence-corrected chi connectivity index (χ0v) is 17.4. The highest BCUT2D eigenvalue weighted by Crippen LogP contribution is 2.25. The number of carbonyl (C=O) groups is 1. The van der Waals surface area contributed by atoms with Crippen LogP contribution in [-0.2, 0) is 17.6 Å². The minimum atomic E-state index is 0.329. The molecule has 1 heterocycles. The molecule has 0 fully saturated rings. The normalized spacial score (nSPS) is 12.2. The van der Waals surface area contributed by atoms with Gasteiger partial charge < -0.3 is 4.74 Å². The Morgan fingerprint density at radius 1 is 1.11 bits per heavy atom. The minimum Gasteiger partial charge on any atom is -0.481 e. The van der Waals surface area contributed by atoms with Gasteiger partial charge in [-0.15, -0.1) is 0 Å². The molecular formula is C24H33NO2. The number of ketones is 1. The summed E-state index contributed by atoms with van der Waals surface area (Å²) in [6.45, 7) is 8.53. The lowest BCUT2D eigenvalue weighted by molar-refractivity contribution is -0.119. The predicted octanol–water partition coefficient (Wildman–Crippen LogP) is 5.50. The topological polar surface area (TPSA) is 39.2 Å². The van der Waals surface area contributed by atoms with Crippen molar-refractivity contribution in [2.75, 3.05) is 7.11 Å². The molecule has 2 aromatic rings. The molecular weight excluding hydrogens is 334 g/mol. The van der Waals surface area contributed by atoms with Crippen LogP contribution in [0.25, 0.3) is 0 Å². The molecule has 0 saturated carbocycles. The van der Waals surface area contributed by atoms with Crippen molar-refractivity contribution in [1.82, 2.24) is 4.98 Å². The SMILES string of the molecule is COc1nc(C)cc(C)c1CCC(=O)CC[C@@H](Cc1ccccc1)C(C)C. The van der Waals surface area contributed by atoms with Crippen LogP contribution < -0.4 is 4.74 Å². The molecule has 1 aromatic heterocycles. The summed E-state index contributed by atoms with van der Waals surface area (Å²) in [5, 5.41) is 0. The second kappa shape index (κ2) is 10.2. The third-order valence-electron chi connectivity index (χ3n) is 5.36. The Morgan fingerprint density at radius 3 is 2.44 bits per heavy atom. The molecule has 0 radical (unpaired) electrons. The average molecular weight is 368 g/mol. The largest absolute Gasteiger partial charge is 0.481 e. The molecule has 146 valence electrons. The van der Waals surface area contributed by atoms with Gasteiger partial charge in [-0.25, -0.2) is 4.98 Å². The van der Waals surface area contributed by atoms with Gasteiger partial charge in [0.05, 0.1) is 7.11 Å². The first-order valence-electron chi connectivity index (χ1n) is 9.97. The molecule has 0 aliphatic carbocycles. The fourth-order valence-corrected chi connectivity index (χ4v) is 3.63. The van der Waals surface area contributed by atoms with Crippen molar-refractivity contribution in [1.29, 1.82) is 0 Å². The van der Waals surface area contributed by atoms with E-state index in [1.54, 1.807) is 7.11 Å². The van der Waals surface area contributed by atoms with E-state index in [-0.39, 0.29) is 0 Å². The first-order chi connectivity index (χ1) is 12.9. The molecule has 0 aliphatic rings. The summed E-state index contributed by atoms with van der Waals surface area (Å²) in [6, 6.07) is 12.6. The second-order valence-corrected chi connectivity index (χ2v) is 7.84. The summed E-state index contributed by atoms with van der Waals surface area (Å²) in [5.41, 5.74) is 4.51. The Hall–Kier alpha value is -2.16. The number of hydrogen-bond acceptors (Lipinski definition) is 3. The lowest BCUT2D eigenvalue weighted by Crippen LogP contribution is -2.14. The first kappa shape index (κ1) is 21.1. The maximum Gasteiger partial charge on any atom is 0.216 e. The number of carbonyl (C=O) groups excluding carboxylic acids is 1. The number of methoxy groups -OCH3 is 1. The van der Waals surface area contributed by atoms with Crippen molar-refractivity contribution in [3.63, 3.8) is 0 Å². The van der Waals surface area contributed by atoms with Gasteiger partial charge in [-0.2, -0.15) is 0 Å². The van der Waals surface area contributed by atoms with Crippen molar-refractivity contribution in [2.24, 2.45) is 11.8 Å². The van der Waals surface area contributed by atoms with Crippen LogP contribution in [0.3, 0.4) is 0 Å². The molecule has 0 bridgehead atoms. The van der Waals surface area contributed by atoms with Crippen LogP contribution in [0, 0.1) is 25.7 Å². The first-order valence-corrected chi connectivity index (χ1v) is 9.97. The van der Waals surface area contributed by atoms with E-state index in [2.05, 4.69) is 56.1 Å². The molecule has 0 saturated heterocycles. The Morgan fingerprint density at radius 2 is 1.81 bits per heavy atom. The monoisotopic (exact) mass is 367 g/mol. The van der Waals surface area contributed by atoms with E-state index >= 15 is 0 Å². The smallest absolute Gasteiger partial charge is 0.216 e. The molecule has 0 amide bonds. The van der Waals surface area contributed by atoms with E-state index in [0.717, 1.165) is 29.7 Å². The molecule has 3 heteroatoms. The molecule has 27 heavy (non-hydrogen) atoms. The number of benzene rings is 1. The maximum atomic E-state index is 12.5. The number of rotatable bonds is 10. The highest BCUT2D eigenvalue weighted by atomic mass is 16.5. The van der Waals surface area contributed by atoms with Gasteiger partial charge in [0.25, 0.3) is 0 Å². The van der Waals surface area contributed by atoms with E-state index in [0.29, 0.717) is 42.8 Å². The number of hydrogen-bond donors (Lipinski definition) is 0. The van der Waals surface area contributed by atoms with Crippen LogP contribution in [0.2, 0.25) is 0 Å². The van der Waals surface area contributed by atoms with Gasteiger partial charge in [-0.3, -0.25) is 4.79 Å². The number of Topliss-reactive ketones (excluding diaryl/α,β-unsaturated/α-hetero) is 1. The fourth-order valence-electron chi connectivity index (χ4n) is 3.63. The standard InChI is InChI=1S/C24H33NO2/c1-17(2)21(16-20-9-7-6-8-10-20)11-12-22(26)13-14-23-18(3)15-19(4)25-24(23)27-5/h6-10,15,17,21H,11-14,16H2,1-5H3/t21-/m0/s1. The van der Waals surface area contributed by atoms with E-state index in [1.807, 2.05) is 13.0 Å². The van der Waals surface area contributed by atoms with E-state index in [9.17, 15) is 4.79 Å². The van der Waals surface area contributed by atoms with E-state index < -0.39 is 0 Å². The van der Waals surface area contributed by atoms with Crippen LogP contribution in [-0.4, -0.2) is 17.9 Å². The highest BCUT2D eigenvalue weighted by molar-refractivity contribution is 5.78. The van der Waals surface area contributed by atoms with Gasteiger partial charge in [0, 0.05) is 24.1 Å². The van der Waals surface area contributed by atoms with Gasteiger partial charge in [0.15, 0.2) is 0 Å². The summed E-state index contributed by atoms with van der Waals surface area (Å²) >= 11 is 0. The third kappa shape index (κ3) is 6.50. The average Bonchev–Trinajstić information content (AvgIpc) is 2.64. The van der Waals surface area contributed by atoms with Crippen molar-refractivity contribution in [2.45, 2.75) is 59.8 Å². The van der Waals surface area contributed by atoms with Crippen LogP contribution in [0.15, 0.2) is 36.4 Å². The molecule has 2 rings (SSSR count). The minimum absolute atomic E-state index is 0.329. The van der Waals surface area contributed by atoms with Crippen LogP contribution in [0.4, 0.5) is 0 Å². The Bertz CT molecular complexity index is 738.